The van der Waals surface area contributed by atoms with Crippen molar-refractivity contribution < 1.29 is 14.3 Å². The van der Waals surface area contributed by atoms with Crippen LogP contribution in [0.4, 0.5) is 0 Å². The van der Waals surface area contributed by atoms with Crippen molar-refractivity contribution in [2.45, 2.75) is 13.8 Å². The predicted octanol–water partition coefficient (Wildman–Crippen LogP) is 1.39. The van der Waals surface area contributed by atoms with Gasteiger partial charge in [0, 0.05) is 12.4 Å². The SMILES string of the molecule is CCOC(=O)C(=O)c1cccn2cc(C)nc12. The van der Waals surface area contributed by atoms with E-state index in [9.17, 15) is 9.59 Å². The number of carbonyl (C=O) groups excluding carboxylic acids is 2. The molecule has 5 heteroatoms. The number of ketones is 1. The van der Waals surface area contributed by atoms with Crippen molar-refractivity contribution in [3.05, 3.63) is 35.8 Å². The van der Waals surface area contributed by atoms with Crippen LogP contribution in [0.1, 0.15) is 23.0 Å². The van der Waals surface area contributed by atoms with Gasteiger partial charge in [-0.05, 0) is 26.0 Å². The number of nitrogens with zero attached hydrogens (tertiary/aromatic N) is 2. The Hall–Kier alpha value is -2.17. The van der Waals surface area contributed by atoms with E-state index in [1.54, 1.807) is 35.9 Å². The zero-order valence-corrected chi connectivity index (χ0v) is 9.64. The molecular formula is C12H12N2O3. The maximum Gasteiger partial charge on any atom is 0.379 e. The van der Waals surface area contributed by atoms with E-state index in [2.05, 4.69) is 9.72 Å². The van der Waals surface area contributed by atoms with Crippen LogP contribution in [-0.4, -0.2) is 27.7 Å². The molecule has 17 heavy (non-hydrogen) atoms. The Balaban J connectivity index is 2.48. The Labute approximate surface area is 98.0 Å². The molecule has 5 nitrogen and oxygen atoms in total. The molecule has 0 unspecified atom stereocenters. The molecule has 0 spiro atoms. The fourth-order valence-corrected chi connectivity index (χ4v) is 1.62. The Morgan fingerprint density at radius 2 is 2.24 bits per heavy atom. The van der Waals surface area contributed by atoms with E-state index < -0.39 is 11.8 Å². The molecule has 2 aromatic rings. The molecule has 2 rings (SSSR count). The van der Waals surface area contributed by atoms with Gasteiger partial charge in [-0.25, -0.2) is 9.78 Å². The molecule has 2 aromatic heterocycles. The summed E-state index contributed by atoms with van der Waals surface area (Å²) in [4.78, 5) is 27.4. The number of aromatic nitrogens is 2. The summed E-state index contributed by atoms with van der Waals surface area (Å²) >= 11 is 0. The van der Waals surface area contributed by atoms with Gasteiger partial charge in [-0.15, -0.1) is 0 Å². The van der Waals surface area contributed by atoms with Crippen molar-refractivity contribution in [3.8, 4) is 0 Å². The van der Waals surface area contributed by atoms with Gasteiger partial charge < -0.3 is 9.14 Å². The van der Waals surface area contributed by atoms with Crippen LogP contribution < -0.4 is 0 Å². The van der Waals surface area contributed by atoms with Gasteiger partial charge in [0.25, 0.3) is 5.78 Å². The van der Waals surface area contributed by atoms with Crippen LogP contribution >= 0.6 is 0 Å². The van der Waals surface area contributed by atoms with Gasteiger partial charge in [0.05, 0.1) is 17.9 Å². The quantitative estimate of drug-likeness (QED) is 0.456. The normalized spacial score (nSPS) is 10.5. The van der Waals surface area contributed by atoms with Gasteiger partial charge in [0.1, 0.15) is 5.65 Å². The van der Waals surface area contributed by atoms with E-state index in [1.807, 2.05) is 6.92 Å². The van der Waals surface area contributed by atoms with Crippen LogP contribution in [0.5, 0.6) is 0 Å². The van der Waals surface area contributed by atoms with Crippen LogP contribution in [0, 0.1) is 6.92 Å². The lowest BCUT2D eigenvalue weighted by Gasteiger charge is -2.02. The van der Waals surface area contributed by atoms with Gasteiger partial charge in [0.15, 0.2) is 0 Å². The number of Topliss-reactive ketones (excluding diaryl/α,β-unsaturated/α-hetero) is 1. The largest absolute Gasteiger partial charge is 0.460 e. The van der Waals surface area contributed by atoms with E-state index in [0.29, 0.717) is 5.65 Å². The van der Waals surface area contributed by atoms with Gasteiger partial charge in [-0.3, -0.25) is 4.79 Å². The zero-order chi connectivity index (χ0) is 12.4. The van der Waals surface area contributed by atoms with Crippen molar-refractivity contribution in [2.75, 3.05) is 6.61 Å². The van der Waals surface area contributed by atoms with Crippen LogP contribution in [-0.2, 0) is 9.53 Å². The average Bonchev–Trinajstić information content (AvgIpc) is 2.68. The summed E-state index contributed by atoms with van der Waals surface area (Å²) < 4.78 is 6.40. The first-order valence-electron chi connectivity index (χ1n) is 5.29. The number of aryl methyl sites for hydroxylation is 1. The fraction of sp³-hybridized carbons (Fsp3) is 0.250. The summed E-state index contributed by atoms with van der Waals surface area (Å²) in [5.41, 5.74) is 1.52. The minimum absolute atomic E-state index is 0.182. The first kappa shape index (κ1) is 11.3. The second-order valence-corrected chi connectivity index (χ2v) is 3.58. The monoisotopic (exact) mass is 232 g/mol. The molecule has 0 aliphatic heterocycles. The lowest BCUT2D eigenvalue weighted by molar-refractivity contribution is -0.137. The molecule has 0 saturated carbocycles. The van der Waals surface area contributed by atoms with Gasteiger partial charge in [-0.2, -0.15) is 0 Å². The molecule has 0 saturated heterocycles. The topological polar surface area (TPSA) is 60.7 Å². The molecule has 0 radical (unpaired) electrons. The Bertz CT molecular complexity index is 586. The number of esters is 1. The average molecular weight is 232 g/mol. The summed E-state index contributed by atoms with van der Waals surface area (Å²) in [6.07, 6.45) is 3.56. The van der Waals surface area contributed by atoms with Crippen molar-refractivity contribution >= 4 is 17.4 Å². The third kappa shape index (κ3) is 2.04. The summed E-state index contributed by atoms with van der Waals surface area (Å²) in [5.74, 6) is -1.51. The Kier molecular flexibility index (Phi) is 2.91. The van der Waals surface area contributed by atoms with Crippen molar-refractivity contribution in [1.82, 2.24) is 9.38 Å². The van der Waals surface area contributed by atoms with E-state index in [1.165, 1.54) is 0 Å². The second-order valence-electron chi connectivity index (χ2n) is 3.58. The maximum absolute atomic E-state index is 11.8. The summed E-state index contributed by atoms with van der Waals surface area (Å²) in [6, 6.07) is 3.27. The van der Waals surface area contributed by atoms with Crippen LogP contribution in [0.25, 0.3) is 5.65 Å². The molecule has 88 valence electrons. The first-order valence-corrected chi connectivity index (χ1v) is 5.29. The molecular weight excluding hydrogens is 220 g/mol. The summed E-state index contributed by atoms with van der Waals surface area (Å²) in [7, 11) is 0. The molecule has 0 atom stereocenters. The van der Waals surface area contributed by atoms with Crippen LogP contribution in [0.3, 0.4) is 0 Å². The lowest BCUT2D eigenvalue weighted by atomic mass is 10.2. The van der Waals surface area contributed by atoms with Crippen molar-refractivity contribution in [2.24, 2.45) is 0 Å². The molecule has 0 fully saturated rings. The highest BCUT2D eigenvalue weighted by atomic mass is 16.5. The zero-order valence-electron chi connectivity index (χ0n) is 9.64. The molecule has 0 aliphatic rings. The molecule has 0 aromatic carbocycles. The Morgan fingerprint density at radius 3 is 2.94 bits per heavy atom. The number of hydrogen-bond donors (Lipinski definition) is 0. The van der Waals surface area contributed by atoms with E-state index >= 15 is 0 Å². The third-order valence-corrected chi connectivity index (χ3v) is 2.31. The number of rotatable bonds is 3. The maximum atomic E-state index is 11.8. The third-order valence-electron chi connectivity index (χ3n) is 2.31. The number of fused-ring (bicyclic) bond motifs is 1. The van der Waals surface area contributed by atoms with Gasteiger partial charge >= 0.3 is 5.97 Å². The number of imidazole rings is 1. The first-order chi connectivity index (χ1) is 8.13. The van der Waals surface area contributed by atoms with E-state index in [4.69, 9.17) is 0 Å². The van der Waals surface area contributed by atoms with Gasteiger partial charge in [-0.1, -0.05) is 0 Å². The fourth-order valence-electron chi connectivity index (χ4n) is 1.62. The number of carbonyl (C=O) groups is 2. The summed E-state index contributed by atoms with van der Waals surface area (Å²) in [5, 5.41) is 0. The van der Waals surface area contributed by atoms with Crippen LogP contribution in [0.2, 0.25) is 0 Å². The second kappa shape index (κ2) is 4.37. The molecule has 2 heterocycles. The molecule has 0 aliphatic carbocycles. The van der Waals surface area contributed by atoms with E-state index in [0.717, 1.165) is 5.69 Å². The highest BCUT2D eigenvalue weighted by Gasteiger charge is 2.21. The standard InChI is InChI=1S/C12H12N2O3/c1-3-17-12(16)10(15)9-5-4-6-14-7-8(2)13-11(9)14/h4-7H,3H2,1-2H3. The van der Waals surface area contributed by atoms with Crippen LogP contribution in [0.15, 0.2) is 24.5 Å². The number of hydrogen-bond acceptors (Lipinski definition) is 4. The van der Waals surface area contributed by atoms with Crippen molar-refractivity contribution in [3.63, 3.8) is 0 Å². The minimum atomic E-state index is -0.846. The highest BCUT2D eigenvalue weighted by molar-refractivity contribution is 6.42. The van der Waals surface area contributed by atoms with E-state index in [-0.39, 0.29) is 12.2 Å². The highest BCUT2D eigenvalue weighted by Crippen LogP contribution is 2.12. The van der Waals surface area contributed by atoms with Gasteiger partial charge in [0.2, 0.25) is 0 Å². The summed E-state index contributed by atoms with van der Waals surface area (Å²) in [6.45, 7) is 3.66. The van der Waals surface area contributed by atoms with Crippen molar-refractivity contribution in [1.29, 1.82) is 0 Å². The predicted molar refractivity (Wildman–Crippen MR) is 60.9 cm³/mol. The lowest BCUT2D eigenvalue weighted by Crippen LogP contribution is -2.18. The number of pyridine rings is 1. The number of ether oxygens (including phenoxy) is 1. The minimum Gasteiger partial charge on any atom is -0.460 e. The smallest absolute Gasteiger partial charge is 0.379 e. The molecule has 0 amide bonds. The Morgan fingerprint density at radius 1 is 1.47 bits per heavy atom. The molecule has 0 N–H and O–H groups in total. The molecule has 0 bridgehead atoms.